The average Bonchev–Trinajstić information content (AvgIpc) is 2.71. The maximum absolute atomic E-state index is 13.0. The van der Waals surface area contributed by atoms with E-state index in [2.05, 4.69) is 5.32 Å². The maximum Gasteiger partial charge on any atom is 0.338 e. The van der Waals surface area contributed by atoms with Gasteiger partial charge in [-0.1, -0.05) is 0 Å². The Balaban J connectivity index is 1.39. The second-order valence-electron chi connectivity index (χ2n) is 9.11. The quantitative estimate of drug-likeness (QED) is 0.284. The summed E-state index contributed by atoms with van der Waals surface area (Å²) in [6.07, 6.45) is 6.47. The average molecular weight is 416 g/mol. The fraction of sp³-hybridized carbons (Fsp3) is 0.636. The number of benzene rings is 1. The number of hydrogen-bond donors (Lipinski definition) is 1. The number of nitrogens with zero attached hydrogens (tertiary/aromatic N) is 1. The zero-order valence-electron chi connectivity index (χ0n) is 17.2. The van der Waals surface area contributed by atoms with Crippen molar-refractivity contribution in [1.29, 1.82) is 0 Å². The number of ether oxygens (including phenoxy) is 2. The number of Topliss-reactive ketones (excluding diaryl/α,β-unsaturated/α-hetero) is 1. The summed E-state index contributed by atoms with van der Waals surface area (Å²) >= 11 is 0. The lowest BCUT2D eigenvalue weighted by atomic mass is 9.48. The number of esters is 1. The fourth-order valence-corrected chi connectivity index (χ4v) is 6.07. The smallest absolute Gasteiger partial charge is 0.338 e. The monoisotopic (exact) mass is 416 g/mol. The second kappa shape index (κ2) is 8.34. The predicted octanol–water partition coefficient (Wildman–Crippen LogP) is 3.60. The van der Waals surface area contributed by atoms with Gasteiger partial charge < -0.3 is 14.8 Å². The summed E-state index contributed by atoms with van der Waals surface area (Å²) in [6, 6.07) is 4.14. The fourth-order valence-electron chi connectivity index (χ4n) is 6.07. The largest absolute Gasteiger partial charge is 0.454 e. The van der Waals surface area contributed by atoms with E-state index in [1.807, 2.05) is 0 Å². The van der Waals surface area contributed by atoms with Gasteiger partial charge in [0.15, 0.2) is 12.4 Å². The molecule has 4 aliphatic carbocycles. The maximum atomic E-state index is 13.0. The van der Waals surface area contributed by atoms with Crippen molar-refractivity contribution in [2.24, 2.45) is 23.2 Å². The molecule has 4 fully saturated rings. The van der Waals surface area contributed by atoms with E-state index in [9.17, 15) is 19.7 Å². The Labute approximate surface area is 175 Å². The summed E-state index contributed by atoms with van der Waals surface area (Å²) in [6.45, 7) is 0.542. The lowest BCUT2D eigenvalue weighted by Crippen LogP contribution is -2.51. The van der Waals surface area contributed by atoms with Gasteiger partial charge in [-0.3, -0.25) is 14.9 Å². The number of carbonyl (C=O) groups excluding carboxylic acids is 2. The third-order valence-corrected chi connectivity index (χ3v) is 7.02. The number of nitrogens with one attached hydrogen (secondary N) is 1. The van der Waals surface area contributed by atoms with E-state index >= 15 is 0 Å². The molecule has 0 spiro atoms. The summed E-state index contributed by atoms with van der Waals surface area (Å²) < 4.78 is 10.2. The van der Waals surface area contributed by atoms with Gasteiger partial charge in [0.25, 0.3) is 5.69 Å². The molecule has 162 valence electrons. The van der Waals surface area contributed by atoms with E-state index in [-0.39, 0.29) is 29.1 Å². The molecule has 0 aliphatic heterocycles. The zero-order valence-corrected chi connectivity index (χ0v) is 17.2. The molecule has 1 aromatic carbocycles. The zero-order chi connectivity index (χ0) is 21.3. The van der Waals surface area contributed by atoms with Crippen LogP contribution < -0.4 is 5.32 Å². The van der Waals surface area contributed by atoms with Gasteiger partial charge in [-0.05, 0) is 68.4 Å². The highest BCUT2D eigenvalue weighted by Gasteiger charge is 2.54. The molecular formula is C22H28N2O6. The van der Waals surface area contributed by atoms with E-state index in [0.29, 0.717) is 36.6 Å². The summed E-state index contributed by atoms with van der Waals surface area (Å²) in [7, 11) is 1.54. The van der Waals surface area contributed by atoms with Crippen molar-refractivity contribution in [3.05, 3.63) is 33.9 Å². The minimum Gasteiger partial charge on any atom is -0.454 e. The normalized spacial score (nSPS) is 28.9. The lowest BCUT2D eigenvalue weighted by Gasteiger charge is -2.55. The molecule has 1 aromatic rings. The molecule has 0 atom stereocenters. The molecule has 30 heavy (non-hydrogen) atoms. The van der Waals surface area contributed by atoms with Crippen LogP contribution in [0.5, 0.6) is 0 Å². The van der Waals surface area contributed by atoms with Crippen molar-refractivity contribution in [1.82, 2.24) is 0 Å². The highest BCUT2D eigenvalue weighted by Crippen LogP contribution is 2.60. The Bertz CT molecular complexity index is 817. The van der Waals surface area contributed by atoms with Crippen molar-refractivity contribution in [3.8, 4) is 0 Å². The van der Waals surface area contributed by atoms with E-state index in [1.54, 1.807) is 7.11 Å². The standard InChI is InChI=1S/C22H28N2O6/c1-29-5-4-23-18-3-2-17(9-19(18)24(27)28)21(26)30-13-20(25)22-10-14-6-15(11-22)8-16(7-14)12-22/h2-3,9,14-16,23H,4-8,10-13H2,1H3. The molecule has 0 radical (unpaired) electrons. The Morgan fingerprint density at radius 3 is 2.37 bits per heavy atom. The summed E-state index contributed by atoms with van der Waals surface area (Å²) in [4.78, 5) is 36.3. The first kappa shape index (κ1) is 20.8. The molecule has 1 N–H and O–H groups in total. The Hall–Kier alpha value is -2.48. The first-order valence-corrected chi connectivity index (χ1v) is 10.6. The van der Waals surface area contributed by atoms with E-state index in [0.717, 1.165) is 19.3 Å². The van der Waals surface area contributed by atoms with Gasteiger partial charge in [0.2, 0.25) is 0 Å². The van der Waals surface area contributed by atoms with Gasteiger partial charge in [0.05, 0.1) is 17.1 Å². The van der Waals surface area contributed by atoms with E-state index in [1.165, 1.54) is 37.5 Å². The number of hydrogen-bond acceptors (Lipinski definition) is 7. The summed E-state index contributed by atoms with van der Waals surface area (Å²) in [5, 5.41) is 14.3. The van der Waals surface area contributed by atoms with Crippen molar-refractivity contribution in [2.75, 3.05) is 32.2 Å². The molecular weight excluding hydrogens is 388 g/mol. The molecule has 8 nitrogen and oxygen atoms in total. The van der Waals surface area contributed by atoms with Crippen LogP contribution in [0.1, 0.15) is 48.9 Å². The molecule has 0 aromatic heterocycles. The van der Waals surface area contributed by atoms with Crippen LogP contribution in [0.3, 0.4) is 0 Å². The molecule has 8 heteroatoms. The highest BCUT2D eigenvalue weighted by atomic mass is 16.6. The van der Waals surface area contributed by atoms with E-state index < -0.39 is 10.9 Å². The van der Waals surface area contributed by atoms with Crippen molar-refractivity contribution < 1.29 is 24.0 Å². The van der Waals surface area contributed by atoms with Gasteiger partial charge in [-0.2, -0.15) is 0 Å². The SMILES string of the molecule is COCCNc1ccc(C(=O)OCC(=O)C23CC4CC(CC(C4)C2)C3)cc1[N+](=O)[O-]. The number of anilines is 1. The van der Waals surface area contributed by atoms with Crippen LogP contribution in [-0.2, 0) is 14.3 Å². The minimum atomic E-state index is -0.709. The van der Waals surface area contributed by atoms with Gasteiger partial charge in [0.1, 0.15) is 5.69 Å². The number of nitro benzene ring substituents is 1. The van der Waals surface area contributed by atoms with Gasteiger partial charge in [0, 0.05) is 25.1 Å². The van der Waals surface area contributed by atoms with Crippen LogP contribution in [0, 0.1) is 33.3 Å². The number of nitro groups is 1. The van der Waals surface area contributed by atoms with Gasteiger partial charge in [-0.15, -0.1) is 0 Å². The Kier molecular flexibility index (Phi) is 5.77. The lowest BCUT2D eigenvalue weighted by molar-refractivity contribution is -0.384. The first-order valence-electron chi connectivity index (χ1n) is 10.6. The van der Waals surface area contributed by atoms with Crippen LogP contribution >= 0.6 is 0 Å². The molecule has 4 bridgehead atoms. The third-order valence-electron chi connectivity index (χ3n) is 7.02. The van der Waals surface area contributed by atoms with Crippen LogP contribution in [0.4, 0.5) is 11.4 Å². The Morgan fingerprint density at radius 1 is 1.17 bits per heavy atom. The minimum absolute atomic E-state index is 0.0160. The summed E-state index contributed by atoms with van der Waals surface area (Å²) in [5.74, 6) is 1.21. The van der Waals surface area contributed by atoms with Crippen LogP contribution in [-0.4, -0.2) is 43.5 Å². The molecule has 0 heterocycles. The molecule has 0 saturated heterocycles. The Morgan fingerprint density at radius 2 is 1.80 bits per heavy atom. The predicted molar refractivity (Wildman–Crippen MR) is 109 cm³/mol. The number of rotatable bonds is 9. The molecule has 0 amide bonds. The second-order valence-corrected chi connectivity index (χ2v) is 9.11. The molecule has 4 aliphatic rings. The van der Waals surface area contributed by atoms with Crippen LogP contribution in [0.25, 0.3) is 0 Å². The van der Waals surface area contributed by atoms with Crippen molar-refractivity contribution >= 4 is 23.1 Å². The molecule has 5 rings (SSSR count). The molecule has 0 unspecified atom stereocenters. The van der Waals surface area contributed by atoms with Crippen molar-refractivity contribution in [2.45, 2.75) is 38.5 Å². The topological polar surface area (TPSA) is 108 Å². The third kappa shape index (κ3) is 4.05. The van der Waals surface area contributed by atoms with Crippen molar-refractivity contribution in [3.63, 3.8) is 0 Å². The van der Waals surface area contributed by atoms with Gasteiger partial charge >= 0.3 is 5.97 Å². The number of methoxy groups -OCH3 is 1. The number of carbonyl (C=O) groups is 2. The number of ketones is 1. The van der Waals surface area contributed by atoms with Gasteiger partial charge in [-0.25, -0.2) is 4.79 Å². The van der Waals surface area contributed by atoms with Crippen LogP contribution in [0.15, 0.2) is 18.2 Å². The summed E-state index contributed by atoms with van der Waals surface area (Å²) in [5.41, 5.74) is -0.167. The van der Waals surface area contributed by atoms with E-state index in [4.69, 9.17) is 9.47 Å². The van der Waals surface area contributed by atoms with Crippen LogP contribution in [0.2, 0.25) is 0 Å². The highest BCUT2D eigenvalue weighted by molar-refractivity contribution is 5.94. The molecule has 4 saturated carbocycles. The first-order chi connectivity index (χ1) is 14.4.